The lowest BCUT2D eigenvalue weighted by Gasteiger charge is -2.44. The molecule has 0 saturated heterocycles. The molecular formula is C37H52N2O11S. The fourth-order valence-corrected chi connectivity index (χ4v) is 7.91. The highest BCUT2D eigenvalue weighted by atomic mass is 32.2. The second-order valence-electron chi connectivity index (χ2n) is 14.4. The third-order valence-corrected chi connectivity index (χ3v) is 11.7. The van der Waals surface area contributed by atoms with Crippen LogP contribution in [0.4, 0.5) is 0 Å². The molecule has 0 radical (unpaired) electrons. The van der Waals surface area contributed by atoms with Crippen molar-refractivity contribution in [1.29, 1.82) is 0 Å². The Bertz CT molecular complexity index is 1640. The zero-order chi connectivity index (χ0) is 37.3. The van der Waals surface area contributed by atoms with E-state index in [4.69, 9.17) is 14.2 Å². The predicted octanol–water partition coefficient (Wildman–Crippen LogP) is 4.88. The van der Waals surface area contributed by atoms with Crippen LogP contribution in [0.2, 0.25) is 0 Å². The van der Waals surface area contributed by atoms with Gasteiger partial charge in [-0.1, -0.05) is 57.2 Å². The molecule has 0 bridgehead atoms. The average molecular weight is 733 g/mol. The quantitative estimate of drug-likeness (QED) is 0.120. The second-order valence-corrected chi connectivity index (χ2v) is 16.3. The standard InChI is InChI=1S/C37H52N2O11S/c1-6-37(4,5)36(43)49-31-21-24(2)20-26-15-14-25(3)30(33(26)31)17-16-27(40)22-28(41)23-32(42)47-18-10-11-19-48-34-35(39(44)50-38-34)51(45,46)29-12-8-7-9-13-29/h7-9,12-15,20,24-25,27-28,30-31,33,40-41H,6,10-11,16-19,21-23H2,1-5H3/t24-,25-,27+,28+,30-,31-,33-/m0/s1. The molecule has 7 atom stereocenters. The summed E-state index contributed by atoms with van der Waals surface area (Å²) < 4.78 is 46.9. The maximum atomic E-state index is 13.1. The van der Waals surface area contributed by atoms with Crippen LogP contribution in [0.5, 0.6) is 5.88 Å². The van der Waals surface area contributed by atoms with Crippen molar-refractivity contribution in [3.8, 4) is 5.88 Å². The van der Waals surface area contributed by atoms with Crippen LogP contribution in [0.3, 0.4) is 0 Å². The van der Waals surface area contributed by atoms with Crippen molar-refractivity contribution < 1.29 is 52.0 Å². The van der Waals surface area contributed by atoms with E-state index >= 15 is 0 Å². The number of hydrogen-bond donors (Lipinski definition) is 2. The van der Waals surface area contributed by atoms with Gasteiger partial charge in [-0.2, -0.15) is 0 Å². The number of ether oxygens (including phenoxy) is 3. The number of rotatable bonds is 18. The van der Waals surface area contributed by atoms with Crippen LogP contribution < -0.4 is 9.64 Å². The summed E-state index contributed by atoms with van der Waals surface area (Å²) in [4.78, 5) is 25.1. The molecule has 0 unspecified atom stereocenters. The van der Waals surface area contributed by atoms with E-state index in [2.05, 4.69) is 41.9 Å². The average Bonchev–Trinajstić information content (AvgIpc) is 3.46. The number of carbonyl (C=O) groups excluding carboxylic acids is 2. The highest BCUT2D eigenvalue weighted by Gasteiger charge is 2.43. The normalized spacial score (nSPS) is 23.1. The molecule has 282 valence electrons. The van der Waals surface area contributed by atoms with Gasteiger partial charge in [0.05, 0.1) is 47.3 Å². The molecule has 0 spiro atoms. The molecule has 1 heterocycles. The Morgan fingerprint density at radius 3 is 2.53 bits per heavy atom. The first-order valence-electron chi connectivity index (χ1n) is 17.8. The van der Waals surface area contributed by atoms with Crippen molar-refractivity contribution in [2.45, 2.75) is 114 Å². The predicted molar refractivity (Wildman–Crippen MR) is 185 cm³/mol. The summed E-state index contributed by atoms with van der Waals surface area (Å²) in [5.41, 5.74) is 0.599. The van der Waals surface area contributed by atoms with Gasteiger partial charge in [-0.25, -0.2) is 8.42 Å². The molecule has 0 amide bonds. The van der Waals surface area contributed by atoms with E-state index in [1.165, 1.54) is 29.8 Å². The molecule has 13 nitrogen and oxygen atoms in total. The molecule has 2 aliphatic rings. The fourth-order valence-electron chi connectivity index (χ4n) is 6.61. The maximum Gasteiger partial charge on any atom is 0.414 e. The van der Waals surface area contributed by atoms with Gasteiger partial charge in [0.15, 0.2) is 0 Å². The van der Waals surface area contributed by atoms with Crippen molar-refractivity contribution in [3.63, 3.8) is 0 Å². The molecule has 0 fully saturated rings. The van der Waals surface area contributed by atoms with E-state index in [-0.39, 0.29) is 71.6 Å². The van der Waals surface area contributed by atoms with Gasteiger partial charge in [0.2, 0.25) is 0 Å². The Morgan fingerprint density at radius 1 is 1.12 bits per heavy atom. The lowest BCUT2D eigenvalue weighted by molar-refractivity contribution is -0.832. The first kappa shape index (κ1) is 40.0. The lowest BCUT2D eigenvalue weighted by atomic mass is 9.65. The minimum Gasteiger partial charge on any atom is -0.466 e. The molecule has 1 aromatic heterocycles. The van der Waals surface area contributed by atoms with Crippen LogP contribution in [0, 0.1) is 34.3 Å². The topological polar surface area (TPSA) is 189 Å². The van der Waals surface area contributed by atoms with Gasteiger partial charge in [-0.05, 0) is 99.2 Å². The zero-order valence-electron chi connectivity index (χ0n) is 30.1. The smallest absolute Gasteiger partial charge is 0.414 e. The van der Waals surface area contributed by atoms with E-state index in [1.54, 1.807) is 6.07 Å². The molecule has 14 heteroatoms. The van der Waals surface area contributed by atoms with Gasteiger partial charge in [0.1, 0.15) is 6.10 Å². The van der Waals surface area contributed by atoms with E-state index < -0.39 is 44.3 Å². The largest absolute Gasteiger partial charge is 0.466 e. The Hall–Kier alpha value is -3.75. The van der Waals surface area contributed by atoms with E-state index in [0.717, 1.165) is 6.42 Å². The van der Waals surface area contributed by atoms with Gasteiger partial charge in [0, 0.05) is 5.92 Å². The molecule has 2 N–H and O–H groups in total. The maximum absolute atomic E-state index is 13.1. The van der Waals surface area contributed by atoms with Crippen molar-refractivity contribution in [1.82, 2.24) is 5.16 Å². The van der Waals surface area contributed by atoms with Crippen molar-refractivity contribution in [2.75, 3.05) is 13.2 Å². The SMILES string of the molecule is CCC(C)(C)C(=O)O[C@H]1C[C@@H](C)C=C2C=C[C@H](C)[C@H](CC[C@@H](O)C[C@@H](O)CC(=O)OCCCCOc3no[n+]([O-])c3S(=O)(=O)c3ccccc3)[C@H]21. The zero-order valence-corrected chi connectivity index (χ0v) is 30.9. The molecular weight excluding hydrogens is 680 g/mol. The number of hydrogen-bond acceptors (Lipinski definition) is 12. The first-order valence-corrected chi connectivity index (χ1v) is 19.3. The Labute approximate surface area is 300 Å². The Balaban J connectivity index is 1.18. The fraction of sp³-hybridized carbons (Fsp3) is 0.622. The molecule has 0 aliphatic heterocycles. The van der Waals surface area contributed by atoms with Crippen molar-refractivity contribution >= 4 is 21.8 Å². The van der Waals surface area contributed by atoms with Crippen LogP contribution in [-0.4, -0.2) is 67.3 Å². The number of sulfone groups is 1. The number of carbonyl (C=O) groups is 2. The van der Waals surface area contributed by atoms with Gasteiger partial charge in [-0.3, -0.25) is 14.2 Å². The monoisotopic (exact) mass is 732 g/mol. The number of aliphatic hydroxyl groups excluding tert-OH is 2. The number of nitrogens with zero attached hydrogens (tertiary/aromatic N) is 2. The van der Waals surface area contributed by atoms with Gasteiger partial charge < -0.3 is 29.6 Å². The number of fused-ring (bicyclic) bond motifs is 1. The minimum absolute atomic E-state index is 0.0129. The van der Waals surface area contributed by atoms with Crippen LogP contribution in [0.25, 0.3) is 0 Å². The summed E-state index contributed by atoms with van der Waals surface area (Å²) in [7, 11) is -4.23. The molecule has 2 aliphatic carbocycles. The molecule has 4 rings (SSSR count). The summed E-state index contributed by atoms with van der Waals surface area (Å²) in [6.07, 6.45) is 7.33. The van der Waals surface area contributed by atoms with E-state index in [9.17, 15) is 33.4 Å². The van der Waals surface area contributed by atoms with Crippen molar-refractivity contribution in [3.05, 3.63) is 59.3 Å². The third-order valence-electron chi connectivity index (χ3n) is 9.97. The van der Waals surface area contributed by atoms with Crippen molar-refractivity contribution in [2.24, 2.45) is 29.1 Å². The number of benzene rings is 1. The molecule has 1 aromatic carbocycles. The van der Waals surface area contributed by atoms with Crippen LogP contribution in [0.15, 0.2) is 68.7 Å². The molecule has 2 aromatic rings. The summed E-state index contributed by atoms with van der Waals surface area (Å²) in [6, 6.07) is 7.35. The van der Waals surface area contributed by atoms with Crippen LogP contribution in [-0.2, 0) is 28.9 Å². The van der Waals surface area contributed by atoms with Gasteiger partial charge in [-0.15, -0.1) is 0 Å². The number of allylic oxidation sites excluding steroid dienone is 3. The summed E-state index contributed by atoms with van der Waals surface area (Å²) in [5.74, 6) is -0.623. The summed E-state index contributed by atoms with van der Waals surface area (Å²) in [5, 5.41) is 36.0. The second kappa shape index (κ2) is 17.6. The summed E-state index contributed by atoms with van der Waals surface area (Å²) in [6.45, 7) is 10.0. The molecule has 51 heavy (non-hydrogen) atoms. The number of esters is 2. The van der Waals surface area contributed by atoms with Gasteiger partial charge in [0.25, 0.3) is 9.84 Å². The van der Waals surface area contributed by atoms with Crippen LogP contribution in [0.1, 0.15) is 86.0 Å². The van der Waals surface area contributed by atoms with Gasteiger partial charge >= 0.3 is 22.8 Å². The highest BCUT2D eigenvalue weighted by molar-refractivity contribution is 7.91. The van der Waals surface area contributed by atoms with Crippen LogP contribution >= 0.6 is 0 Å². The Morgan fingerprint density at radius 2 is 1.82 bits per heavy atom. The first-order chi connectivity index (χ1) is 24.1. The van der Waals surface area contributed by atoms with E-state index in [0.29, 0.717) is 32.1 Å². The molecule has 0 saturated carbocycles. The summed E-state index contributed by atoms with van der Waals surface area (Å²) >= 11 is 0. The highest BCUT2D eigenvalue weighted by Crippen LogP contribution is 2.45. The number of aromatic nitrogens is 2. The minimum atomic E-state index is -4.23. The third kappa shape index (κ3) is 10.4. The van der Waals surface area contributed by atoms with E-state index in [1.807, 2.05) is 20.8 Å². The lowest BCUT2D eigenvalue weighted by Crippen LogP contribution is -2.43. The number of aliphatic hydroxyl groups is 2. The number of unbranched alkanes of at least 4 members (excludes halogenated alkanes) is 1. The Kier molecular flexibility index (Phi) is 13.9.